The molecule has 1 aromatic heterocycles. The van der Waals surface area contributed by atoms with Crippen molar-refractivity contribution in [3.8, 4) is 10.6 Å². The van der Waals surface area contributed by atoms with Crippen molar-refractivity contribution in [1.82, 2.24) is 4.98 Å². The Hall–Kier alpha value is -1.75. The number of rotatable bonds is 3. The van der Waals surface area contributed by atoms with Gasteiger partial charge in [0.15, 0.2) is 0 Å². The molecule has 3 rings (SSSR count). The minimum atomic E-state index is -0.294. The lowest BCUT2D eigenvalue weighted by Gasteiger charge is -2.08. The molecule has 5 heteroatoms. The van der Waals surface area contributed by atoms with Crippen molar-refractivity contribution in [3.63, 3.8) is 0 Å². The number of aryl methyl sites for hydroxylation is 2. The zero-order chi connectivity index (χ0) is 15.0. The average molecular weight is 305 g/mol. The highest BCUT2D eigenvalue weighted by Gasteiger charge is 2.34. The Morgan fingerprint density at radius 2 is 2.33 bits per heavy atom. The second kappa shape index (κ2) is 5.56. The number of fused-ring (bicyclic) bond motifs is 1. The maximum absolute atomic E-state index is 14.0. The van der Waals surface area contributed by atoms with Gasteiger partial charge in [-0.15, -0.1) is 11.3 Å². The highest BCUT2D eigenvalue weighted by atomic mass is 32.1. The topological polar surface area (TPSA) is 39.2 Å². The Morgan fingerprint density at radius 1 is 1.52 bits per heavy atom. The van der Waals surface area contributed by atoms with Crippen molar-refractivity contribution >= 4 is 17.3 Å². The molecule has 0 radical (unpaired) electrons. The predicted octanol–water partition coefficient (Wildman–Crippen LogP) is 3.85. The zero-order valence-electron chi connectivity index (χ0n) is 12.0. The van der Waals surface area contributed by atoms with Crippen LogP contribution in [0.3, 0.4) is 0 Å². The van der Waals surface area contributed by atoms with Gasteiger partial charge in [-0.2, -0.15) is 0 Å². The van der Waals surface area contributed by atoms with E-state index in [0.29, 0.717) is 17.2 Å². The second-order valence-electron chi connectivity index (χ2n) is 5.15. The molecule has 21 heavy (non-hydrogen) atoms. The monoisotopic (exact) mass is 305 g/mol. The number of ether oxygens (including phenoxy) is 1. The maximum atomic E-state index is 14.0. The molecular weight excluding hydrogens is 289 g/mol. The third-order valence-corrected chi connectivity index (χ3v) is 4.81. The molecule has 1 aromatic carbocycles. The smallest absolute Gasteiger partial charge is 0.315 e. The standard InChI is InChI=1S/C16H16FNO2S/c1-3-20-16(19)10-5-7-13-14(10)18-15(21-13)11-8-9(2)4-6-12(11)17/h4,6,8,10H,3,5,7H2,1-2H3. The highest BCUT2D eigenvalue weighted by molar-refractivity contribution is 7.15. The van der Waals surface area contributed by atoms with E-state index in [1.54, 1.807) is 19.1 Å². The zero-order valence-corrected chi connectivity index (χ0v) is 12.8. The summed E-state index contributed by atoms with van der Waals surface area (Å²) in [7, 11) is 0. The van der Waals surface area contributed by atoms with Crippen LogP contribution in [0, 0.1) is 12.7 Å². The van der Waals surface area contributed by atoms with Crippen LogP contribution in [0.5, 0.6) is 0 Å². The van der Waals surface area contributed by atoms with Crippen LogP contribution in [0.4, 0.5) is 4.39 Å². The average Bonchev–Trinajstić information content (AvgIpc) is 3.01. The molecule has 2 aromatic rings. The Bertz CT molecular complexity index is 696. The first-order valence-electron chi connectivity index (χ1n) is 7.03. The van der Waals surface area contributed by atoms with Gasteiger partial charge < -0.3 is 4.74 Å². The van der Waals surface area contributed by atoms with Crippen molar-refractivity contribution < 1.29 is 13.9 Å². The molecule has 1 atom stereocenters. The summed E-state index contributed by atoms with van der Waals surface area (Å²) >= 11 is 1.48. The van der Waals surface area contributed by atoms with E-state index in [1.165, 1.54) is 17.4 Å². The maximum Gasteiger partial charge on any atom is 0.315 e. The summed E-state index contributed by atoms with van der Waals surface area (Å²) < 4.78 is 19.1. The normalized spacial score (nSPS) is 16.8. The Kier molecular flexibility index (Phi) is 3.76. The molecule has 3 nitrogen and oxygen atoms in total. The molecule has 1 aliphatic rings. The van der Waals surface area contributed by atoms with Gasteiger partial charge in [0.1, 0.15) is 16.7 Å². The Balaban J connectivity index is 1.97. The molecule has 110 valence electrons. The van der Waals surface area contributed by atoms with E-state index in [4.69, 9.17) is 4.74 Å². The van der Waals surface area contributed by atoms with Crippen LogP contribution in [0.1, 0.15) is 35.4 Å². The fourth-order valence-electron chi connectivity index (χ4n) is 2.62. The van der Waals surface area contributed by atoms with Crippen molar-refractivity contribution in [2.45, 2.75) is 32.6 Å². The van der Waals surface area contributed by atoms with E-state index in [2.05, 4.69) is 4.98 Å². The molecule has 1 aliphatic carbocycles. The molecule has 0 spiro atoms. The largest absolute Gasteiger partial charge is 0.465 e. The van der Waals surface area contributed by atoms with Crippen LogP contribution in [0.15, 0.2) is 18.2 Å². The van der Waals surface area contributed by atoms with Gasteiger partial charge in [0.05, 0.1) is 12.3 Å². The van der Waals surface area contributed by atoms with Gasteiger partial charge in [-0.25, -0.2) is 9.37 Å². The van der Waals surface area contributed by atoms with Crippen LogP contribution < -0.4 is 0 Å². The fourth-order valence-corrected chi connectivity index (χ4v) is 3.77. The number of benzene rings is 1. The summed E-state index contributed by atoms with van der Waals surface area (Å²) in [6, 6.07) is 4.99. The molecule has 1 heterocycles. The van der Waals surface area contributed by atoms with Crippen LogP contribution in [0.25, 0.3) is 10.6 Å². The minimum Gasteiger partial charge on any atom is -0.465 e. The summed E-state index contributed by atoms with van der Waals surface area (Å²) in [5.74, 6) is -0.795. The number of hydrogen-bond acceptors (Lipinski definition) is 4. The minimum absolute atomic E-state index is 0.224. The molecular formula is C16H16FNO2S. The fraction of sp³-hybridized carbons (Fsp3) is 0.375. The number of carbonyl (C=O) groups is 1. The number of nitrogens with zero attached hydrogens (tertiary/aromatic N) is 1. The number of aromatic nitrogens is 1. The van der Waals surface area contributed by atoms with E-state index in [-0.39, 0.29) is 17.7 Å². The van der Waals surface area contributed by atoms with Crippen molar-refractivity contribution in [2.24, 2.45) is 0 Å². The van der Waals surface area contributed by atoms with Crippen LogP contribution in [0.2, 0.25) is 0 Å². The Labute approximate surface area is 126 Å². The van der Waals surface area contributed by atoms with Gasteiger partial charge in [-0.3, -0.25) is 4.79 Å². The van der Waals surface area contributed by atoms with Gasteiger partial charge in [-0.1, -0.05) is 11.6 Å². The molecule has 1 unspecified atom stereocenters. The van der Waals surface area contributed by atoms with Gasteiger partial charge in [0.2, 0.25) is 0 Å². The van der Waals surface area contributed by atoms with Crippen molar-refractivity contribution in [1.29, 1.82) is 0 Å². The number of halogens is 1. The van der Waals surface area contributed by atoms with Crippen molar-refractivity contribution in [2.75, 3.05) is 6.61 Å². The van der Waals surface area contributed by atoms with E-state index in [1.807, 2.05) is 6.92 Å². The van der Waals surface area contributed by atoms with E-state index in [9.17, 15) is 9.18 Å². The molecule has 0 amide bonds. The predicted molar refractivity (Wildman–Crippen MR) is 79.9 cm³/mol. The van der Waals surface area contributed by atoms with Gasteiger partial charge >= 0.3 is 5.97 Å². The van der Waals surface area contributed by atoms with E-state index >= 15 is 0 Å². The van der Waals surface area contributed by atoms with Gasteiger partial charge in [0, 0.05) is 10.4 Å². The van der Waals surface area contributed by atoms with Crippen LogP contribution in [-0.2, 0) is 16.0 Å². The lowest BCUT2D eigenvalue weighted by molar-refractivity contribution is -0.145. The lowest BCUT2D eigenvalue weighted by Crippen LogP contribution is -2.14. The van der Waals surface area contributed by atoms with Crippen molar-refractivity contribution in [3.05, 3.63) is 40.2 Å². The third kappa shape index (κ3) is 2.58. The Morgan fingerprint density at radius 3 is 3.10 bits per heavy atom. The SMILES string of the molecule is CCOC(=O)C1CCc2sc(-c3cc(C)ccc3F)nc21. The summed E-state index contributed by atoms with van der Waals surface area (Å²) in [5.41, 5.74) is 2.27. The molecule has 0 bridgehead atoms. The first kappa shape index (κ1) is 14.2. The first-order valence-corrected chi connectivity index (χ1v) is 7.84. The molecule has 0 fully saturated rings. The molecule has 0 saturated carbocycles. The number of thiazole rings is 1. The quantitative estimate of drug-likeness (QED) is 0.809. The molecule has 0 N–H and O–H groups in total. The van der Waals surface area contributed by atoms with Gasteiger partial charge in [-0.05, 0) is 38.8 Å². The summed E-state index contributed by atoms with van der Waals surface area (Å²) in [5, 5.41) is 0.648. The second-order valence-corrected chi connectivity index (χ2v) is 6.24. The third-order valence-electron chi connectivity index (χ3n) is 3.64. The van der Waals surface area contributed by atoms with Crippen LogP contribution in [-0.4, -0.2) is 17.6 Å². The van der Waals surface area contributed by atoms with E-state index < -0.39 is 0 Å². The summed E-state index contributed by atoms with van der Waals surface area (Å²) in [6.45, 7) is 4.09. The highest BCUT2D eigenvalue weighted by Crippen LogP contribution is 2.40. The number of esters is 1. The summed E-state index contributed by atoms with van der Waals surface area (Å²) in [4.78, 5) is 17.5. The van der Waals surface area contributed by atoms with E-state index in [0.717, 1.165) is 29.0 Å². The molecule has 0 saturated heterocycles. The van der Waals surface area contributed by atoms with Crippen LogP contribution >= 0.6 is 11.3 Å². The summed E-state index contributed by atoms with van der Waals surface area (Å²) in [6.07, 6.45) is 1.55. The van der Waals surface area contributed by atoms with Gasteiger partial charge in [0.25, 0.3) is 0 Å². The number of hydrogen-bond donors (Lipinski definition) is 0. The first-order chi connectivity index (χ1) is 10.1. The lowest BCUT2D eigenvalue weighted by atomic mass is 10.1. The molecule has 0 aliphatic heterocycles. The number of carbonyl (C=O) groups excluding carboxylic acids is 1.